The van der Waals surface area contributed by atoms with Crippen molar-refractivity contribution in [1.29, 1.82) is 0 Å². The summed E-state index contributed by atoms with van der Waals surface area (Å²) in [4.78, 5) is 0. The molecule has 3 heteroatoms. The van der Waals surface area contributed by atoms with Gasteiger partial charge in [-0.25, -0.2) is 0 Å². The average Bonchev–Trinajstić information content (AvgIpc) is 3.19. The Bertz CT molecular complexity index is 953. The van der Waals surface area contributed by atoms with Crippen LogP contribution in [0.25, 0.3) is 11.1 Å². The predicted molar refractivity (Wildman–Crippen MR) is 108 cm³/mol. The highest BCUT2D eigenvalue weighted by Gasteiger charge is 2.12. The number of hydrogen-bond acceptors (Lipinski definition) is 3. The minimum absolute atomic E-state index is 0.318. The number of ether oxygens (including phenoxy) is 2. The van der Waals surface area contributed by atoms with E-state index in [4.69, 9.17) is 9.47 Å². The number of rotatable bonds is 5. The van der Waals surface area contributed by atoms with Gasteiger partial charge in [0, 0.05) is 12.1 Å². The maximum Gasteiger partial charge on any atom is 0.231 e. The van der Waals surface area contributed by atoms with Gasteiger partial charge in [0.1, 0.15) is 0 Å². The molecule has 0 spiro atoms. The lowest BCUT2D eigenvalue weighted by Crippen LogP contribution is -2.17. The quantitative estimate of drug-likeness (QED) is 0.548. The van der Waals surface area contributed by atoms with Gasteiger partial charge in [0.05, 0.1) is 6.54 Å². The summed E-state index contributed by atoms with van der Waals surface area (Å²) in [6.45, 7) is 1.87. The number of benzene rings is 3. The lowest BCUT2D eigenvalue weighted by atomic mass is 10.0. The molecule has 1 N–H and O–H groups in total. The third-order valence-corrected chi connectivity index (χ3v) is 4.47. The van der Waals surface area contributed by atoms with Crippen molar-refractivity contribution >= 4 is 0 Å². The van der Waals surface area contributed by atoms with Crippen molar-refractivity contribution in [3.05, 3.63) is 83.9 Å². The van der Waals surface area contributed by atoms with Crippen LogP contribution >= 0.6 is 0 Å². The average molecular weight is 355 g/mol. The maximum atomic E-state index is 5.40. The fourth-order valence-electron chi connectivity index (χ4n) is 3.00. The minimum atomic E-state index is 0.318. The van der Waals surface area contributed by atoms with Crippen molar-refractivity contribution in [3.8, 4) is 34.5 Å². The standard InChI is InChI=1S/C24H21NO2/c1-2-6-21(7-3-1)22-11-8-19(9-12-22)5-4-15-25-16-14-20-10-13-23-24(17-20)27-18-26-23/h1-3,6-13,17,25H,14-16,18H2. The Balaban J connectivity index is 1.23. The van der Waals surface area contributed by atoms with Crippen LogP contribution < -0.4 is 14.8 Å². The van der Waals surface area contributed by atoms with Crippen molar-refractivity contribution in [3.63, 3.8) is 0 Å². The van der Waals surface area contributed by atoms with Gasteiger partial charge in [-0.1, -0.05) is 60.4 Å². The summed E-state index contributed by atoms with van der Waals surface area (Å²) in [7, 11) is 0. The molecule has 1 heterocycles. The molecule has 0 aromatic heterocycles. The first-order valence-electron chi connectivity index (χ1n) is 9.12. The second-order valence-corrected chi connectivity index (χ2v) is 6.36. The van der Waals surface area contributed by atoms with Gasteiger partial charge in [0.2, 0.25) is 6.79 Å². The van der Waals surface area contributed by atoms with Gasteiger partial charge in [-0.15, -0.1) is 0 Å². The van der Waals surface area contributed by atoms with Crippen molar-refractivity contribution in [1.82, 2.24) is 5.32 Å². The van der Waals surface area contributed by atoms with E-state index < -0.39 is 0 Å². The summed E-state index contributed by atoms with van der Waals surface area (Å²) in [5, 5.41) is 3.36. The first-order valence-corrected chi connectivity index (χ1v) is 9.12. The second kappa shape index (κ2) is 8.44. The molecule has 134 valence electrons. The van der Waals surface area contributed by atoms with E-state index in [1.165, 1.54) is 16.7 Å². The van der Waals surface area contributed by atoms with Gasteiger partial charge in [-0.05, 0) is 47.4 Å². The van der Waals surface area contributed by atoms with Crippen molar-refractivity contribution in [2.45, 2.75) is 6.42 Å². The third kappa shape index (κ3) is 4.49. The zero-order valence-corrected chi connectivity index (χ0v) is 15.1. The molecule has 0 saturated carbocycles. The SMILES string of the molecule is C(#Cc1ccc(-c2ccccc2)cc1)CNCCc1ccc2c(c1)OCO2. The van der Waals surface area contributed by atoms with Crippen LogP contribution in [0.5, 0.6) is 11.5 Å². The molecule has 0 fully saturated rings. The lowest BCUT2D eigenvalue weighted by Gasteiger charge is -2.03. The van der Waals surface area contributed by atoms with Crippen LogP contribution in [0.4, 0.5) is 0 Å². The van der Waals surface area contributed by atoms with Gasteiger partial charge in [-0.3, -0.25) is 0 Å². The van der Waals surface area contributed by atoms with Gasteiger partial charge in [0.25, 0.3) is 0 Å². The highest BCUT2D eigenvalue weighted by Crippen LogP contribution is 2.32. The van der Waals surface area contributed by atoms with E-state index in [-0.39, 0.29) is 0 Å². The Morgan fingerprint density at radius 3 is 2.44 bits per heavy atom. The van der Waals surface area contributed by atoms with Crippen LogP contribution in [0.2, 0.25) is 0 Å². The zero-order chi connectivity index (χ0) is 18.3. The van der Waals surface area contributed by atoms with Crippen LogP contribution in [0.3, 0.4) is 0 Å². The Hall–Kier alpha value is -3.22. The Morgan fingerprint density at radius 2 is 1.59 bits per heavy atom. The van der Waals surface area contributed by atoms with Crippen LogP contribution in [-0.2, 0) is 6.42 Å². The van der Waals surface area contributed by atoms with E-state index in [9.17, 15) is 0 Å². The summed E-state index contributed by atoms with van der Waals surface area (Å²) < 4.78 is 10.7. The smallest absolute Gasteiger partial charge is 0.231 e. The highest BCUT2D eigenvalue weighted by atomic mass is 16.7. The molecule has 0 unspecified atom stereocenters. The van der Waals surface area contributed by atoms with Crippen LogP contribution in [0.1, 0.15) is 11.1 Å². The molecule has 4 rings (SSSR count). The first kappa shape index (κ1) is 17.2. The van der Waals surface area contributed by atoms with Gasteiger partial charge in [0.15, 0.2) is 11.5 Å². The van der Waals surface area contributed by atoms with Gasteiger partial charge in [-0.2, -0.15) is 0 Å². The molecule has 0 atom stereocenters. The summed E-state index contributed by atoms with van der Waals surface area (Å²) in [6.07, 6.45) is 0.935. The number of nitrogens with one attached hydrogen (secondary N) is 1. The van der Waals surface area contributed by atoms with E-state index in [2.05, 4.69) is 71.8 Å². The molecule has 0 amide bonds. The largest absolute Gasteiger partial charge is 0.454 e. The first-order chi connectivity index (χ1) is 13.4. The fraction of sp³-hybridized carbons (Fsp3) is 0.167. The van der Waals surface area contributed by atoms with Gasteiger partial charge >= 0.3 is 0 Å². The lowest BCUT2D eigenvalue weighted by molar-refractivity contribution is 0.174. The third-order valence-electron chi connectivity index (χ3n) is 4.47. The highest BCUT2D eigenvalue weighted by molar-refractivity contribution is 5.64. The summed E-state index contributed by atoms with van der Waals surface area (Å²) in [6, 6.07) is 24.8. The van der Waals surface area contributed by atoms with E-state index in [0.717, 1.165) is 30.0 Å². The topological polar surface area (TPSA) is 30.5 Å². The molecule has 3 nitrogen and oxygen atoms in total. The van der Waals surface area contributed by atoms with Crippen LogP contribution in [0.15, 0.2) is 72.8 Å². The molecular weight excluding hydrogens is 334 g/mol. The number of fused-ring (bicyclic) bond motifs is 1. The molecule has 1 aliphatic rings. The van der Waals surface area contributed by atoms with E-state index >= 15 is 0 Å². The van der Waals surface area contributed by atoms with Crippen molar-refractivity contribution < 1.29 is 9.47 Å². The fourth-order valence-corrected chi connectivity index (χ4v) is 3.00. The second-order valence-electron chi connectivity index (χ2n) is 6.36. The Labute approximate surface area is 160 Å². The molecule has 3 aromatic rings. The van der Waals surface area contributed by atoms with E-state index in [1.807, 2.05) is 18.2 Å². The van der Waals surface area contributed by atoms with Crippen LogP contribution in [0, 0.1) is 11.8 Å². The zero-order valence-electron chi connectivity index (χ0n) is 15.1. The van der Waals surface area contributed by atoms with Crippen molar-refractivity contribution in [2.24, 2.45) is 0 Å². The maximum absolute atomic E-state index is 5.40. The van der Waals surface area contributed by atoms with E-state index in [0.29, 0.717) is 13.3 Å². The minimum Gasteiger partial charge on any atom is -0.454 e. The molecule has 0 bridgehead atoms. The molecule has 0 radical (unpaired) electrons. The molecule has 3 aromatic carbocycles. The van der Waals surface area contributed by atoms with Gasteiger partial charge < -0.3 is 14.8 Å². The van der Waals surface area contributed by atoms with Crippen LogP contribution in [-0.4, -0.2) is 19.9 Å². The normalized spacial score (nSPS) is 11.7. The monoisotopic (exact) mass is 355 g/mol. The van der Waals surface area contributed by atoms with E-state index in [1.54, 1.807) is 0 Å². The Morgan fingerprint density at radius 1 is 0.815 bits per heavy atom. The summed E-state index contributed by atoms with van der Waals surface area (Å²) >= 11 is 0. The molecule has 1 aliphatic heterocycles. The predicted octanol–water partition coefficient (Wildman–Crippen LogP) is 4.27. The summed E-state index contributed by atoms with van der Waals surface area (Å²) in [5.74, 6) is 8.06. The van der Waals surface area contributed by atoms with Crippen molar-refractivity contribution in [2.75, 3.05) is 19.9 Å². The molecular formula is C24H21NO2. The molecule has 27 heavy (non-hydrogen) atoms. The molecule has 0 aliphatic carbocycles. The number of hydrogen-bond donors (Lipinski definition) is 1. The Kier molecular flexibility index (Phi) is 5.38. The molecule has 0 saturated heterocycles. The summed E-state index contributed by atoms with van der Waals surface area (Å²) in [5.41, 5.74) is 4.70.